The van der Waals surface area contributed by atoms with E-state index < -0.39 is 11.6 Å². The van der Waals surface area contributed by atoms with Crippen LogP contribution >= 0.6 is 11.6 Å². The van der Waals surface area contributed by atoms with Crippen LogP contribution in [0.5, 0.6) is 0 Å². The molecule has 0 aliphatic rings. The lowest BCUT2D eigenvalue weighted by Crippen LogP contribution is -2.19. The van der Waals surface area contributed by atoms with Gasteiger partial charge in [0.15, 0.2) is 0 Å². The molecule has 2 rings (SSSR count). The normalized spacial score (nSPS) is 12.2. The first kappa shape index (κ1) is 13.8. The predicted octanol–water partition coefficient (Wildman–Crippen LogP) is 4.66. The van der Waals surface area contributed by atoms with E-state index in [0.29, 0.717) is 11.4 Å². The molecule has 0 aromatic heterocycles. The molecule has 2 aromatic rings. The molecule has 100 valence electrons. The van der Waals surface area contributed by atoms with E-state index in [9.17, 15) is 8.78 Å². The van der Waals surface area contributed by atoms with E-state index in [-0.39, 0.29) is 11.7 Å². The van der Waals surface area contributed by atoms with Crippen LogP contribution in [0.1, 0.15) is 12.5 Å². The number of hydrogen-bond donors (Lipinski definition) is 1. The molecule has 0 aliphatic carbocycles. The molecule has 1 unspecified atom stereocenters. The summed E-state index contributed by atoms with van der Waals surface area (Å²) in [6.45, 7) is 1.92. The van der Waals surface area contributed by atoms with Crippen molar-refractivity contribution in [2.75, 3.05) is 5.32 Å². The Kier molecular flexibility index (Phi) is 4.38. The van der Waals surface area contributed by atoms with Crippen LogP contribution in [0.15, 0.2) is 42.5 Å². The monoisotopic (exact) mass is 281 g/mol. The second-order valence-electron chi connectivity index (χ2n) is 4.50. The Labute approximate surface area is 116 Å². The lowest BCUT2D eigenvalue weighted by molar-refractivity contribution is 0.599. The van der Waals surface area contributed by atoms with Gasteiger partial charge in [0.25, 0.3) is 0 Å². The Morgan fingerprint density at radius 3 is 2.47 bits per heavy atom. The smallest absolute Gasteiger partial charge is 0.146 e. The highest BCUT2D eigenvalue weighted by Gasteiger charge is 2.08. The van der Waals surface area contributed by atoms with Crippen molar-refractivity contribution in [3.05, 3.63) is 64.7 Å². The zero-order valence-corrected chi connectivity index (χ0v) is 11.2. The molecule has 0 aliphatic heterocycles. The summed E-state index contributed by atoms with van der Waals surface area (Å²) in [5.74, 6) is -0.910. The average molecular weight is 282 g/mol. The van der Waals surface area contributed by atoms with Gasteiger partial charge in [0.05, 0.1) is 5.69 Å². The number of nitrogens with one attached hydrogen (secondary N) is 1. The summed E-state index contributed by atoms with van der Waals surface area (Å²) in [7, 11) is 0. The van der Waals surface area contributed by atoms with Gasteiger partial charge in [-0.2, -0.15) is 0 Å². The largest absolute Gasteiger partial charge is 0.380 e. The molecule has 0 amide bonds. The quantitative estimate of drug-likeness (QED) is 0.859. The van der Waals surface area contributed by atoms with Crippen molar-refractivity contribution in [1.82, 2.24) is 0 Å². The Morgan fingerprint density at radius 2 is 1.79 bits per heavy atom. The van der Waals surface area contributed by atoms with E-state index in [4.69, 9.17) is 11.6 Å². The van der Waals surface area contributed by atoms with Crippen molar-refractivity contribution >= 4 is 17.3 Å². The van der Waals surface area contributed by atoms with E-state index in [1.165, 1.54) is 0 Å². The van der Waals surface area contributed by atoms with Crippen molar-refractivity contribution in [1.29, 1.82) is 0 Å². The minimum atomic E-state index is -0.456. The van der Waals surface area contributed by atoms with E-state index in [0.717, 1.165) is 23.8 Å². The topological polar surface area (TPSA) is 12.0 Å². The zero-order valence-electron chi connectivity index (χ0n) is 10.5. The number of rotatable bonds is 4. The fraction of sp³-hybridized carbons (Fsp3) is 0.200. The van der Waals surface area contributed by atoms with Crippen LogP contribution < -0.4 is 5.32 Å². The van der Waals surface area contributed by atoms with Gasteiger partial charge >= 0.3 is 0 Å². The molecule has 2 aromatic carbocycles. The molecular formula is C15H14ClF2N. The fourth-order valence-corrected chi connectivity index (χ4v) is 2.02. The lowest BCUT2D eigenvalue weighted by atomic mass is 10.1. The Morgan fingerprint density at radius 1 is 1.11 bits per heavy atom. The fourth-order valence-electron chi connectivity index (χ4n) is 1.90. The average Bonchev–Trinajstić information content (AvgIpc) is 2.37. The molecule has 0 heterocycles. The van der Waals surface area contributed by atoms with Gasteiger partial charge in [0.2, 0.25) is 0 Å². The highest BCUT2D eigenvalue weighted by molar-refractivity contribution is 6.30. The molecule has 0 fully saturated rings. The van der Waals surface area contributed by atoms with Crippen molar-refractivity contribution in [2.45, 2.75) is 19.4 Å². The lowest BCUT2D eigenvalue weighted by Gasteiger charge is -2.16. The minimum Gasteiger partial charge on any atom is -0.380 e. The van der Waals surface area contributed by atoms with Crippen LogP contribution in [0, 0.1) is 11.6 Å². The summed E-state index contributed by atoms with van der Waals surface area (Å²) >= 11 is 5.81. The summed E-state index contributed by atoms with van der Waals surface area (Å²) in [6, 6.07) is 10.8. The molecule has 0 saturated heterocycles. The van der Waals surface area contributed by atoms with Crippen LogP contribution in [0.4, 0.5) is 14.5 Å². The van der Waals surface area contributed by atoms with Gasteiger partial charge in [-0.3, -0.25) is 0 Å². The van der Waals surface area contributed by atoms with Gasteiger partial charge in [-0.1, -0.05) is 23.7 Å². The van der Waals surface area contributed by atoms with Crippen molar-refractivity contribution in [3.8, 4) is 0 Å². The molecular weight excluding hydrogens is 268 g/mol. The summed E-state index contributed by atoms with van der Waals surface area (Å²) in [6.07, 6.45) is 0.702. The van der Waals surface area contributed by atoms with Crippen LogP contribution in [0.2, 0.25) is 5.02 Å². The maximum Gasteiger partial charge on any atom is 0.146 e. The Bertz CT molecular complexity index is 555. The Balaban J connectivity index is 2.02. The molecule has 0 spiro atoms. The third-order valence-electron chi connectivity index (χ3n) is 2.79. The third kappa shape index (κ3) is 3.93. The SMILES string of the molecule is CC(Cc1ccc(Cl)cc1)Nc1cc(F)ccc1F. The van der Waals surface area contributed by atoms with Gasteiger partial charge in [-0.25, -0.2) is 8.78 Å². The molecule has 0 radical (unpaired) electrons. The predicted molar refractivity (Wildman–Crippen MR) is 74.6 cm³/mol. The highest BCUT2D eigenvalue weighted by atomic mass is 35.5. The third-order valence-corrected chi connectivity index (χ3v) is 3.04. The molecule has 4 heteroatoms. The van der Waals surface area contributed by atoms with Gasteiger partial charge in [0.1, 0.15) is 11.6 Å². The standard InChI is InChI=1S/C15H14ClF2N/c1-10(8-11-2-4-12(16)5-3-11)19-15-9-13(17)6-7-14(15)18/h2-7,9-10,19H,8H2,1H3. The number of halogens is 3. The van der Waals surface area contributed by atoms with Gasteiger partial charge in [0, 0.05) is 11.1 Å². The minimum absolute atomic E-state index is 0.0162. The van der Waals surface area contributed by atoms with Crippen molar-refractivity contribution in [2.24, 2.45) is 0 Å². The molecule has 1 nitrogen and oxygen atoms in total. The first-order valence-corrected chi connectivity index (χ1v) is 6.38. The second-order valence-corrected chi connectivity index (χ2v) is 4.94. The number of hydrogen-bond acceptors (Lipinski definition) is 1. The van der Waals surface area contributed by atoms with Crippen LogP contribution in [0.25, 0.3) is 0 Å². The molecule has 1 atom stereocenters. The van der Waals surface area contributed by atoms with E-state index >= 15 is 0 Å². The number of anilines is 1. The van der Waals surface area contributed by atoms with E-state index in [1.54, 1.807) is 0 Å². The first-order chi connectivity index (χ1) is 9.04. The van der Waals surface area contributed by atoms with E-state index in [2.05, 4.69) is 5.32 Å². The maximum atomic E-state index is 13.5. The van der Waals surface area contributed by atoms with Gasteiger partial charge in [-0.05, 0) is 49.2 Å². The summed E-state index contributed by atoms with van der Waals surface area (Å²) in [4.78, 5) is 0. The zero-order chi connectivity index (χ0) is 13.8. The summed E-state index contributed by atoms with van der Waals surface area (Å²) in [5, 5.41) is 3.65. The van der Waals surface area contributed by atoms with Gasteiger partial charge in [-0.15, -0.1) is 0 Å². The van der Waals surface area contributed by atoms with Crippen LogP contribution in [0.3, 0.4) is 0 Å². The van der Waals surface area contributed by atoms with Gasteiger partial charge < -0.3 is 5.32 Å². The molecule has 0 saturated carbocycles. The second kappa shape index (κ2) is 6.02. The summed E-state index contributed by atoms with van der Waals surface area (Å²) < 4.78 is 26.5. The maximum absolute atomic E-state index is 13.5. The van der Waals surface area contributed by atoms with Crippen LogP contribution in [-0.4, -0.2) is 6.04 Å². The highest BCUT2D eigenvalue weighted by Crippen LogP contribution is 2.18. The van der Waals surface area contributed by atoms with Crippen LogP contribution in [-0.2, 0) is 6.42 Å². The molecule has 19 heavy (non-hydrogen) atoms. The molecule has 0 bridgehead atoms. The number of benzene rings is 2. The molecule has 1 N–H and O–H groups in total. The van der Waals surface area contributed by atoms with Crippen molar-refractivity contribution < 1.29 is 8.78 Å². The summed E-state index contributed by atoms with van der Waals surface area (Å²) in [5.41, 5.74) is 1.27. The first-order valence-electron chi connectivity index (χ1n) is 6.00. The van der Waals surface area contributed by atoms with E-state index in [1.807, 2.05) is 31.2 Å². The van der Waals surface area contributed by atoms with Crippen molar-refractivity contribution in [3.63, 3.8) is 0 Å². The Hall–Kier alpha value is -1.61.